The lowest BCUT2D eigenvalue weighted by Gasteiger charge is -2.07. The van der Waals surface area contributed by atoms with Crippen LogP contribution in [0.2, 0.25) is 0 Å². The summed E-state index contributed by atoms with van der Waals surface area (Å²) in [4.78, 5) is 13.8. The topological polar surface area (TPSA) is 43.1 Å². The summed E-state index contributed by atoms with van der Waals surface area (Å²) >= 11 is 0. The summed E-state index contributed by atoms with van der Waals surface area (Å²) in [6, 6.07) is 8.39. The molecule has 0 fully saturated rings. The second kappa shape index (κ2) is 4.88. The Bertz CT molecular complexity index is 1060. The highest BCUT2D eigenvalue weighted by molar-refractivity contribution is 5.94. The van der Waals surface area contributed by atoms with Crippen molar-refractivity contribution >= 4 is 16.6 Å². The number of fused-ring (bicyclic) bond motifs is 3. The summed E-state index contributed by atoms with van der Waals surface area (Å²) in [5.41, 5.74) is 8.60. The summed E-state index contributed by atoms with van der Waals surface area (Å²) in [5, 5.41) is 1.06. The lowest BCUT2D eigenvalue weighted by Crippen LogP contribution is -1.93. The molecule has 4 aromatic rings. The summed E-state index contributed by atoms with van der Waals surface area (Å²) in [7, 11) is 0. The average molecular weight is 302 g/mol. The highest BCUT2D eigenvalue weighted by atomic mass is 15.1. The van der Waals surface area contributed by atoms with Crippen LogP contribution in [0.4, 0.5) is 0 Å². The predicted molar refractivity (Wildman–Crippen MR) is 92.7 cm³/mol. The van der Waals surface area contributed by atoms with E-state index in [2.05, 4.69) is 53.3 Å². The van der Waals surface area contributed by atoms with Crippen molar-refractivity contribution in [3.63, 3.8) is 0 Å². The van der Waals surface area contributed by atoms with Gasteiger partial charge in [-0.2, -0.15) is 0 Å². The molecule has 0 spiro atoms. The van der Waals surface area contributed by atoms with Crippen LogP contribution in [-0.4, -0.2) is 19.4 Å². The predicted octanol–water partition coefficient (Wildman–Crippen LogP) is 4.18. The number of imidazole rings is 1. The Morgan fingerprint density at radius 2 is 1.74 bits per heavy atom. The third-order valence-corrected chi connectivity index (χ3v) is 4.60. The van der Waals surface area contributed by atoms with E-state index in [1.165, 1.54) is 11.1 Å². The van der Waals surface area contributed by atoms with E-state index in [-0.39, 0.29) is 0 Å². The van der Waals surface area contributed by atoms with Gasteiger partial charge in [-0.15, -0.1) is 0 Å². The van der Waals surface area contributed by atoms with Crippen LogP contribution < -0.4 is 0 Å². The van der Waals surface area contributed by atoms with Gasteiger partial charge >= 0.3 is 0 Å². The molecule has 3 aromatic heterocycles. The second-order valence-corrected chi connectivity index (χ2v) is 6.11. The summed E-state index contributed by atoms with van der Waals surface area (Å²) in [6.45, 7) is 8.29. The average Bonchev–Trinajstić information content (AvgIpc) is 2.85. The Morgan fingerprint density at radius 1 is 0.913 bits per heavy atom. The van der Waals surface area contributed by atoms with Crippen LogP contribution in [0.3, 0.4) is 0 Å². The smallest absolute Gasteiger partial charge is 0.147 e. The zero-order valence-corrected chi connectivity index (χ0v) is 13.8. The van der Waals surface area contributed by atoms with Gasteiger partial charge in [0.05, 0.1) is 16.9 Å². The van der Waals surface area contributed by atoms with Gasteiger partial charge in [-0.1, -0.05) is 6.07 Å². The van der Waals surface area contributed by atoms with Crippen molar-refractivity contribution in [2.75, 3.05) is 0 Å². The molecule has 0 saturated heterocycles. The summed E-state index contributed by atoms with van der Waals surface area (Å²) in [6.07, 6.45) is 3.78. The van der Waals surface area contributed by atoms with Crippen molar-refractivity contribution in [3.8, 4) is 11.3 Å². The van der Waals surface area contributed by atoms with Gasteiger partial charge in [0.1, 0.15) is 12.0 Å². The maximum atomic E-state index is 4.71. The van der Waals surface area contributed by atoms with Crippen LogP contribution in [0.1, 0.15) is 22.5 Å². The van der Waals surface area contributed by atoms with Crippen LogP contribution in [0, 0.1) is 27.7 Å². The van der Waals surface area contributed by atoms with Gasteiger partial charge in [0.2, 0.25) is 0 Å². The maximum Gasteiger partial charge on any atom is 0.147 e. The lowest BCUT2D eigenvalue weighted by atomic mass is 10.1. The molecule has 23 heavy (non-hydrogen) atoms. The van der Waals surface area contributed by atoms with E-state index in [9.17, 15) is 0 Å². The summed E-state index contributed by atoms with van der Waals surface area (Å²) < 4.78 is 2.05. The molecule has 0 aliphatic rings. The largest absolute Gasteiger partial charge is 0.287 e. The van der Waals surface area contributed by atoms with E-state index in [1.54, 1.807) is 0 Å². The van der Waals surface area contributed by atoms with E-state index in [4.69, 9.17) is 4.98 Å². The molecule has 1 aromatic carbocycles. The van der Waals surface area contributed by atoms with Crippen molar-refractivity contribution < 1.29 is 0 Å². The van der Waals surface area contributed by atoms with Gasteiger partial charge < -0.3 is 0 Å². The zero-order valence-electron chi connectivity index (χ0n) is 13.8. The first-order valence-electron chi connectivity index (χ1n) is 7.72. The fraction of sp³-hybridized carbons (Fsp3) is 0.211. The van der Waals surface area contributed by atoms with E-state index in [0.717, 1.165) is 39.2 Å². The molecule has 0 saturated carbocycles. The van der Waals surface area contributed by atoms with E-state index < -0.39 is 0 Å². The molecule has 0 N–H and O–H groups in total. The third kappa shape index (κ3) is 2.10. The first kappa shape index (κ1) is 13.9. The molecule has 4 rings (SSSR count). The van der Waals surface area contributed by atoms with Crippen LogP contribution in [0.25, 0.3) is 27.8 Å². The molecule has 0 unspecified atom stereocenters. The molecule has 114 valence electrons. The first-order valence-corrected chi connectivity index (χ1v) is 7.72. The van der Waals surface area contributed by atoms with Crippen LogP contribution in [0.5, 0.6) is 0 Å². The maximum absolute atomic E-state index is 4.71. The number of nitrogens with zero attached hydrogens (tertiary/aromatic N) is 4. The Kier molecular flexibility index (Phi) is 2.94. The molecule has 3 heterocycles. The number of pyridine rings is 1. The minimum atomic E-state index is 0.954. The van der Waals surface area contributed by atoms with Crippen molar-refractivity contribution in [2.24, 2.45) is 0 Å². The highest BCUT2D eigenvalue weighted by Gasteiger charge is 2.10. The standard InChI is InChI=1S/C19H18N4/c1-11-7-18(20-9-12(11)2)15-5-6-17-16(8-15)19-22-13(3)14(4)23(19)10-21-17/h5-10H,1-4H3. The lowest BCUT2D eigenvalue weighted by molar-refractivity contribution is 1.05. The van der Waals surface area contributed by atoms with Gasteiger partial charge in [-0.25, -0.2) is 9.97 Å². The molecule has 0 aliphatic carbocycles. The molecule has 0 amide bonds. The number of hydrogen-bond donors (Lipinski definition) is 0. The van der Waals surface area contributed by atoms with E-state index in [0.29, 0.717) is 0 Å². The quantitative estimate of drug-likeness (QED) is 0.530. The fourth-order valence-electron chi connectivity index (χ4n) is 2.85. The zero-order chi connectivity index (χ0) is 16.1. The van der Waals surface area contributed by atoms with Crippen molar-refractivity contribution in [1.82, 2.24) is 19.4 Å². The van der Waals surface area contributed by atoms with Crippen molar-refractivity contribution in [1.29, 1.82) is 0 Å². The number of aromatic nitrogens is 4. The number of benzene rings is 1. The molecule has 0 bridgehead atoms. The number of hydrogen-bond acceptors (Lipinski definition) is 3. The monoisotopic (exact) mass is 302 g/mol. The molecule has 4 nitrogen and oxygen atoms in total. The number of rotatable bonds is 1. The molecular weight excluding hydrogens is 284 g/mol. The van der Waals surface area contributed by atoms with Gasteiger partial charge in [-0.05, 0) is 57.0 Å². The normalized spacial score (nSPS) is 11.5. The Balaban J connectivity index is 2.00. The van der Waals surface area contributed by atoms with Gasteiger partial charge in [0.15, 0.2) is 0 Å². The molecular formula is C19H18N4. The minimum absolute atomic E-state index is 0.954. The van der Waals surface area contributed by atoms with Gasteiger partial charge in [0.25, 0.3) is 0 Å². The van der Waals surface area contributed by atoms with E-state index in [1.807, 2.05) is 25.5 Å². The van der Waals surface area contributed by atoms with Gasteiger partial charge in [-0.3, -0.25) is 9.38 Å². The Morgan fingerprint density at radius 3 is 2.52 bits per heavy atom. The van der Waals surface area contributed by atoms with E-state index >= 15 is 0 Å². The number of aryl methyl sites for hydroxylation is 4. The van der Waals surface area contributed by atoms with Crippen LogP contribution in [-0.2, 0) is 0 Å². The second-order valence-electron chi connectivity index (χ2n) is 6.11. The SMILES string of the molecule is Cc1cnc(-c2ccc3ncn4c(C)c(C)nc4c3c2)cc1C. The van der Waals surface area contributed by atoms with Crippen molar-refractivity contribution in [2.45, 2.75) is 27.7 Å². The minimum Gasteiger partial charge on any atom is -0.287 e. The Hall–Kier alpha value is -2.75. The molecule has 4 heteroatoms. The van der Waals surface area contributed by atoms with Crippen LogP contribution in [0.15, 0.2) is 36.8 Å². The molecule has 0 radical (unpaired) electrons. The third-order valence-electron chi connectivity index (χ3n) is 4.60. The van der Waals surface area contributed by atoms with Crippen molar-refractivity contribution in [3.05, 3.63) is 59.3 Å². The fourth-order valence-corrected chi connectivity index (χ4v) is 2.85. The first-order chi connectivity index (χ1) is 11.0. The Labute approximate surface area is 134 Å². The van der Waals surface area contributed by atoms with Gasteiger partial charge in [0, 0.05) is 22.8 Å². The highest BCUT2D eigenvalue weighted by Crippen LogP contribution is 2.26. The molecule has 0 atom stereocenters. The van der Waals surface area contributed by atoms with Crippen LogP contribution >= 0.6 is 0 Å². The summed E-state index contributed by atoms with van der Waals surface area (Å²) in [5.74, 6) is 0. The molecule has 0 aliphatic heterocycles.